The summed E-state index contributed by atoms with van der Waals surface area (Å²) in [5.41, 5.74) is 5.44. The van der Waals surface area contributed by atoms with Gasteiger partial charge in [-0.2, -0.15) is 0 Å². The largest absolute Gasteiger partial charge is 0.478 e. The smallest absolute Gasteiger partial charge is 0.335 e. The molecule has 1 heterocycles. The third-order valence-corrected chi connectivity index (χ3v) is 3.38. The van der Waals surface area contributed by atoms with Crippen molar-refractivity contribution in [2.75, 3.05) is 11.4 Å². The molecule has 1 amide bonds. The summed E-state index contributed by atoms with van der Waals surface area (Å²) in [5.74, 6) is -0.936. The fourth-order valence-electron chi connectivity index (χ4n) is 2.49. The monoisotopic (exact) mass is 263 g/mol. The third kappa shape index (κ3) is 3.21. The van der Waals surface area contributed by atoms with Crippen LogP contribution in [0.15, 0.2) is 18.3 Å². The van der Waals surface area contributed by atoms with Gasteiger partial charge in [0.05, 0.1) is 12.1 Å². The maximum absolute atomic E-state index is 11.2. The lowest BCUT2D eigenvalue weighted by Crippen LogP contribution is -2.40. The predicted molar refractivity (Wildman–Crippen MR) is 70.0 cm³/mol. The van der Waals surface area contributed by atoms with Crippen molar-refractivity contribution in [3.63, 3.8) is 0 Å². The molecule has 0 spiro atoms. The second-order valence-electron chi connectivity index (χ2n) is 4.74. The minimum Gasteiger partial charge on any atom is -0.478 e. The number of nitrogens with zero attached hydrogens (tertiary/aromatic N) is 2. The second kappa shape index (κ2) is 5.69. The Morgan fingerprint density at radius 2 is 2.11 bits per heavy atom. The number of carboxylic acids is 1. The van der Waals surface area contributed by atoms with Crippen LogP contribution in [0.2, 0.25) is 0 Å². The molecule has 102 valence electrons. The minimum absolute atomic E-state index is 0.0702. The number of nitrogens with two attached hydrogens (primary N) is 1. The van der Waals surface area contributed by atoms with E-state index in [0.717, 1.165) is 25.7 Å². The zero-order valence-corrected chi connectivity index (χ0v) is 10.6. The Hall–Kier alpha value is -2.11. The van der Waals surface area contributed by atoms with Crippen LogP contribution in [0.25, 0.3) is 0 Å². The SMILES string of the molecule is NC(=O)CN(c1cc(C(=O)O)ccn1)C1CCCC1. The van der Waals surface area contributed by atoms with Crippen LogP contribution in [0.1, 0.15) is 36.0 Å². The number of aromatic nitrogens is 1. The number of carbonyl (C=O) groups excluding carboxylic acids is 1. The summed E-state index contributed by atoms with van der Waals surface area (Å²) < 4.78 is 0. The number of rotatable bonds is 5. The fourth-order valence-corrected chi connectivity index (χ4v) is 2.49. The van der Waals surface area contributed by atoms with Crippen LogP contribution in [0.4, 0.5) is 5.82 Å². The summed E-state index contributed by atoms with van der Waals surface area (Å²) in [7, 11) is 0. The van der Waals surface area contributed by atoms with Crippen LogP contribution < -0.4 is 10.6 Å². The summed E-state index contributed by atoms with van der Waals surface area (Å²) in [5, 5.41) is 9.00. The lowest BCUT2D eigenvalue weighted by Gasteiger charge is -2.28. The molecule has 2 rings (SSSR count). The van der Waals surface area contributed by atoms with E-state index in [1.807, 2.05) is 4.90 Å². The Balaban J connectivity index is 2.28. The van der Waals surface area contributed by atoms with Gasteiger partial charge in [-0.25, -0.2) is 9.78 Å². The lowest BCUT2D eigenvalue weighted by molar-refractivity contribution is -0.116. The minimum atomic E-state index is -1.01. The van der Waals surface area contributed by atoms with E-state index in [2.05, 4.69) is 4.98 Å². The summed E-state index contributed by atoms with van der Waals surface area (Å²) in [6, 6.07) is 3.14. The molecule has 6 nitrogen and oxygen atoms in total. The molecule has 0 unspecified atom stereocenters. The average Bonchev–Trinajstić information content (AvgIpc) is 2.89. The predicted octanol–water partition coefficient (Wildman–Crippen LogP) is 1.01. The number of hydrogen-bond donors (Lipinski definition) is 2. The van der Waals surface area contributed by atoms with Crippen molar-refractivity contribution in [3.05, 3.63) is 23.9 Å². The maximum atomic E-state index is 11.2. The van der Waals surface area contributed by atoms with Gasteiger partial charge >= 0.3 is 5.97 Å². The maximum Gasteiger partial charge on any atom is 0.335 e. The molecule has 1 saturated carbocycles. The molecule has 1 aromatic heterocycles. The molecule has 0 aliphatic heterocycles. The van der Waals surface area contributed by atoms with Gasteiger partial charge in [0.1, 0.15) is 5.82 Å². The van der Waals surface area contributed by atoms with E-state index >= 15 is 0 Å². The average molecular weight is 263 g/mol. The number of carboxylic acid groups (broad SMARTS) is 1. The van der Waals surface area contributed by atoms with Crippen molar-refractivity contribution in [1.82, 2.24) is 4.98 Å². The van der Waals surface area contributed by atoms with E-state index in [1.165, 1.54) is 18.3 Å². The highest BCUT2D eigenvalue weighted by Crippen LogP contribution is 2.27. The first-order chi connectivity index (χ1) is 9.08. The van der Waals surface area contributed by atoms with E-state index in [0.29, 0.717) is 5.82 Å². The van der Waals surface area contributed by atoms with Gasteiger partial charge in [0.2, 0.25) is 5.91 Å². The van der Waals surface area contributed by atoms with Gasteiger partial charge in [-0.15, -0.1) is 0 Å². The molecule has 1 aliphatic carbocycles. The molecular weight excluding hydrogens is 246 g/mol. The molecule has 0 aromatic carbocycles. The van der Waals surface area contributed by atoms with E-state index < -0.39 is 11.9 Å². The van der Waals surface area contributed by atoms with E-state index in [9.17, 15) is 9.59 Å². The van der Waals surface area contributed by atoms with Crippen LogP contribution in [0.3, 0.4) is 0 Å². The van der Waals surface area contributed by atoms with Crippen LogP contribution in [-0.4, -0.2) is 34.6 Å². The topological polar surface area (TPSA) is 96.5 Å². The quantitative estimate of drug-likeness (QED) is 0.826. The highest BCUT2D eigenvalue weighted by Gasteiger charge is 2.25. The first-order valence-electron chi connectivity index (χ1n) is 6.32. The Bertz CT molecular complexity index is 484. The van der Waals surface area contributed by atoms with Gasteiger partial charge in [0.25, 0.3) is 0 Å². The van der Waals surface area contributed by atoms with Gasteiger partial charge in [0.15, 0.2) is 0 Å². The molecule has 0 bridgehead atoms. The summed E-state index contributed by atoms with van der Waals surface area (Å²) in [6.45, 7) is 0.0702. The standard InChI is InChI=1S/C13H17N3O3/c14-11(17)8-16(10-3-1-2-4-10)12-7-9(13(18)19)5-6-15-12/h5-7,10H,1-4,8H2,(H2,14,17)(H,18,19). The van der Waals surface area contributed by atoms with E-state index in [4.69, 9.17) is 10.8 Å². The first-order valence-corrected chi connectivity index (χ1v) is 6.32. The van der Waals surface area contributed by atoms with Crippen molar-refractivity contribution in [2.45, 2.75) is 31.7 Å². The molecule has 0 radical (unpaired) electrons. The highest BCUT2D eigenvalue weighted by molar-refractivity contribution is 5.88. The van der Waals surface area contributed by atoms with Gasteiger partial charge in [0, 0.05) is 12.2 Å². The van der Waals surface area contributed by atoms with Crippen LogP contribution >= 0.6 is 0 Å². The Morgan fingerprint density at radius 3 is 2.68 bits per heavy atom. The van der Waals surface area contributed by atoms with Gasteiger partial charge in [-0.3, -0.25) is 4.79 Å². The Morgan fingerprint density at radius 1 is 1.42 bits per heavy atom. The van der Waals surface area contributed by atoms with Crippen molar-refractivity contribution in [2.24, 2.45) is 5.73 Å². The molecule has 3 N–H and O–H groups in total. The molecule has 0 atom stereocenters. The normalized spacial score (nSPS) is 15.4. The van der Waals surface area contributed by atoms with Crippen molar-refractivity contribution in [1.29, 1.82) is 0 Å². The van der Waals surface area contributed by atoms with Crippen molar-refractivity contribution >= 4 is 17.7 Å². The Labute approximate surface area is 111 Å². The number of carbonyl (C=O) groups is 2. The van der Waals surface area contributed by atoms with E-state index in [-0.39, 0.29) is 18.2 Å². The van der Waals surface area contributed by atoms with Crippen LogP contribution in [-0.2, 0) is 4.79 Å². The number of hydrogen-bond acceptors (Lipinski definition) is 4. The fraction of sp³-hybridized carbons (Fsp3) is 0.462. The summed E-state index contributed by atoms with van der Waals surface area (Å²) in [4.78, 5) is 28.2. The van der Waals surface area contributed by atoms with Crippen LogP contribution in [0, 0.1) is 0 Å². The van der Waals surface area contributed by atoms with Crippen molar-refractivity contribution in [3.8, 4) is 0 Å². The lowest BCUT2D eigenvalue weighted by atomic mass is 10.2. The zero-order valence-electron chi connectivity index (χ0n) is 10.6. The molecular formula is C13H17N3O3. The number of amides is 1. The van der Waals surface area contributed by atoms with Gasteiger partial charge < -0.3 is 15.7 Å². The summed E-state index contributed by atoms with van der Waals surface area (Å²) >= 11 is 0. The molecule has 0 saturated heterocycles. The first kappa shape index (κ1) is 13.3. The highest BCUT2D eigenvalue weighted by atomic mass is 16.4. The van der Waals surface area contributed by atoms with Crippen molar-refractivity contribution < 1.29 is 14.7 Å². The molecule has 6 heteroatoms. The Kier molecular flexibility index (Phi) is 3.99. The number of pyridine rings is 1. The number of anilines is 1. The molecule has 1 aromatic rings. The van der Waals surface area contributed by atoms with Gasteiger partial charge in [-0.05, 0) is 25.0 Å². The second-order valence-corrected chi connectivity index (χ2v) is 4.74. The molecule has 1 aliphatic rings. The molecule has 19 heavy (non-hydrogen) atoms. The van der Waals surface area contributed by atoms with Gasteiger partial charge in [-0.1, -0.05) is 12.8 Å². The molecule has 1 fully saturated rings. The summed E-state index contributed by atoms with van der Waals surface area (Å²) in [6.07, 6.45) is 5.62. The number of primary amides is 1. The number of aromatic carboxylic acids is 1. The zero-order chi connectivity index (χ0) is 13.8. The third-order valence-electron chi connectivity index (χ3n) is 3.38. The van der Waals surface area contributed by atoms with Crippen LogP contribution in [0.5, 0.6) is 0 Å². The van der Waals surface area contributed by atoms with E-state index in [1.54, 1.807) is 0 Å².